The standard InChI is InChI=1S/C22H23NOS/c1-15-8-6-9-16(2)21(15)23-22(24)17(3)25-14-19-12-7-11-18-10-4-5-13-20(18)19/h4-13,17H,14H2,1-3H3,(H,23,24). The Balaban J connectivity index is 1.68. The van der Waals surface area contributed by atoms with E-state index in [-0.39, 0.29) is 11.2 Å². The first-order valence-corrected chi connectivity index (χ1v) is 9.56. The second-order valence-corrected chi connectivity index (χ2v) is 7.68. The largest absolute Gasteiger partial charge is 0.325 e. The highest BCUT2D eigenvalue weighted by Gasteiger charge is 2.16. The lowest BCUT2D eigenvalue weighted by molar-refractivity contribution is -0.115. The third kappa shape index (κ3) is 4.05. The average molecular weight is 349 g/mol. The molecule has 1 N–H and O–H groups in total. The molecule has 1 unspecified atom stereocenters. The van der Waals surface area contributed by atoms with Crippen molar-refractivity contribution in [2.75, 3.05) is 5.32 Å². The molecule has 1 amide bonds. The Kier molecular flexibility index (Phi) is 5.44. The second-order valence-electron chi connectivity index (χ2n) is 6.35. The number of para-hydroxylation sites is 1. The molecule has 0 saturated carbocycles. The zero-order chi connectivity index (χ0) is 17.8. The molecule has 0 aliphatic carbocycles. The van der Waals surface area contributed by atoms with Crippen molar-refractivity contribution in [2.24, 2.45) is 0 Å². The minimum Gasteiger partial charge on any atom is -0.325 e. The van der Waals surface area contributed by atoms with Crippen LogP contribution in [0.2, 0.25) is 0 Å². The lowest BCUT2D eigenvalue weighted by Gasteiger charge is -2.16. The molecule has 3 heteroatoms. The summed E-state index contributed by atoms with van der Waals surface area (Å²) in [5.74, 6) is 0.880. The van der Waals surface area contributed by atoms with Gasteiger partial charge in [-0.2, -0.15) is 0 Å². The van der Waals surface area contributed by atoms with E-state index in [1.807, 2.05) is 39.0 Å². The summed E-state index contributed by atoms with van der Waals surface area (Å²) in [5.41, 5.74) is 4.40. The van der Waals surface area contributed by atoms with Gasteiger partial charge in [0.05, 0.1) is 5.25 Å². The summed E-state index contributed by atoms with van der Waals surface area (Å²) in [6.07, 6.45) is 0. The topological polar surface area (TPSA) is 29.1 Å². The zero-order valence-corrected chi connectivity index (χ0v) is 15.7. The predicted octanol–water partition coefficient (Wildman–Crippen LogP) is 5.72. The van der Waals surface area contributed by atoms with E-state index in [0.29, 0.717) is 0 Å². The number of anilines is 1. The van der Waals surface area contributed by atoms with Crippen molar-refractivity contribution in [1.82, 2.24) is 0 Å². The van der Waals surface area contributed by atoms with Gasteiger partial charge < -0.3 is 5.32 Å². The van der Waals surface area contributed by atoms with Crippen LogP contribution in [0.15, 0.2) is 60.7 Å². The van der Waals surface area contributed by atoms with Crippen LogP contribution in [0.5, 0.6) is 0 Å². The molecule has 0 aliphatic heterocycles. The molecule has 25 heavy (non-hydrogen) atoms. The van der Waals surface area contributed by atoms with Gasteiger partial charge in [-0.25, -0.2) is 0 Å². The summed E-state index contributed by atoms with van der Waals surface area (Å²) in [7, 11) is 0. The van der Waals surface area contributed by atoms with Gasteiger partial charge in [0.2, 0.25) is 5.91 Å². The SMILES string of the molecule is Cc1cccc(C)c1NC(=O)C(C)SCc1cccc2ccccc12. The lowest BCUT2D eigenvalue weighted by Crippen LogP contribution is -2.23. The van der Waals surface area contributed by atoms with Crippen molar-refractivity contribution >= 4 is 34.1 Å². The van der Waals surface area contributed by atoms with Crippen LogP contribution < -0.4 is 5.32 Å². The van der Waals surface area contributed by atoms with Crippen LogP contribution in [0, 0.1) is 13.8 Å². The highest BCUT2D eigenvalue weighted by molar-refractivity contribution is 7.99. The predicted molar refractivity (Wildman–Crippen MR) is 109 cm³/mol. The van der Waals surface area contributed by atoms with Gasteiger partial charge in [0, 0.05) is 11.4 Å². The van der Waals surface area contributed by atoms with Crippen LogP contribution in [-0.4, -0.2) is 11.2 Å². The Hall–Kier alpha value is -2.26. The summed E-state index contributed by atoms with van der Waals surface area (Å²) in [5, 5.41) is 5.49. The number of hydrogen-bond donors (Lipinski definition) is 1. The maximum Gasteiger partial charge on any atom is 0.237 e. The fraction of sp³-hybridized carbons (Fsp3) is 0.227. The third-order valence-corrected chi connectivity index (χ3v) is 5.66. The summed E-state index contributed by atoms with van der Waals surface area (Å²) in [4.78, 5) is 12.6. The smallest absolute Gasteiger partial charge is 0.237 e. The fourth-order valence-electron chi connectivity index (χ4n) is 2.95. The molecular weight excluding hydrogens is 326 g/mol. The van der Waals surface area contributed by atoms with Gasteiger partial charge in [0.15, 0.2) is 0 Å². The molecule has 0 heterocycles. The minimum absolute atomic E-state index is 0.0580. The Morgan fingerprint density at radius 2 is 1.60 bits per heavy atom. The van der Waals surface area contributed by atoms with Gasteiger partial charge in [-0.1, -0.05) is 60.7 Å². The number of carbonyl (C=O) groups excluding carboxylic acids is 1. The van der Waals surface area contributed by atoms with E-state index in [2.05, 4.69) is 47.8 Å². The molecule has 0 aromatic heterocycles. The van der Waals surface area contributed by atoms with Gasteiger partial charge in [-0.3, -0.25) is 4.79 Å². The first kappa shape index (κ1) is 17.6. The van der Waals surface area contributed by atoms with E-state index in [0.717, 1.165) is 22.6 Å². The number of amides is 1. The van der Waals surface area contributed by atoms with Crippen molar-refractivity contribution in [3.8, 4) is 0 Å². The first-order chi connectivity index (χ1) is 12.1. The highest BCUT2D eigenvalue weighted by Crippen LogP contribution is 2.26. The maximum absolute atomic E-state index is 12.6. The van der Waals surface area contributed by atoms with Crippen molar-refractivity contribution in [1.29, 1.82) is 0 Å². The van der Waals surface area contributed by atoms with Crippen LogP contribution in [0.4, 0.5) is 5.69 Å². The Labute approximate surface area is 153 Å². The summed E-state index contributed by atoms with van der Waals surface area (Å²) < 4.78 is 0. The molecule has 0 radical (unpaired) electrons. The molecule has 1 atom stereocenters. The first-order valence-electron chi connectivity index (χ1n) is 8.51. The molecule has 0 fully saturated rings. The Morgan fingerprint density at radius 3 is 2.36 bits per heavy atom. The van der Waals surface area contributed by atoms with Crippen molar-refractivity contribution in [2.45, 2.75) is 31.8 Å². The average Bonchev–Trinajstić information content (AvgIpc) is 2.62. The quantitative estimate of drug-likeness (QED) is 0.638. The fourth-order valence-corrected chi connectivity index (χ4v) is 3.84. The van der Waals surface area contributed by atoms with Crippen LogP contribution in [0.25, 0.3) is 10.8 Å². The number of fused-ring (bicyclic) bond motifs is 1. The number of hydrogen-bond acceptors (Lipinski definition) is 2. The molecule has 0 spiro atoms. The molecule has 2 nitrogen and oxygen atoms in total. The number of rotatable bonds is 5. The number of thioether (sulfide) groups is 1. The maximum atomic E-state index is 12.6. The molecule has 3 aromatic rings. The number of benzene rings is 3. The summed E-state index contributed by atoms with van der Waals surface area (Å²) in [6, 6.07) is 20.8. The zero-order valence-electron chi connectivity index (χ0n) is 14.9. The highest BCUT2D eigenvalue weighted by atomic mass is 32.2. The van der Waals surface area contributed by atoms with Gasteiger partial charge >= 0.3 is 0 Å². The summed E-state index contributed by atoms with van der Waals surface area (Å²) >= 11 is 1.67. The molecule has 0 saturated heterocycles. The van der Waals surface area contributed by atoms with E-state index in [9.17, 15) is 4.79 Å². The van der Waals surface area contributed by atoms with Crippen molar-refractivity contribution in [3.63, 3.8) is 0 Å². The second kappa shape index (κ2) is 7.75. The minimum atomic E-state index is -0.113. The van der Waals surface area contributed by atoms with Crippen LogP contribution in [0.1, 0.15) is 23.6 Å². The van der Waals surface area contributed by atoms with Gasteiger partial charge in [-0.05, 0) is 48.2 Å². The molecule has 3 aromatic carbocycles. The monoisotopic (exact) mass is 349 g/mol. The molecular formula is C22H23NOS. The Morgan fingerprint density at radius 1 is 0.960 bits per heavy atom. The van der Waals surface area contributed by atoms with Gasteiger partial charge in [0.25, 0.3) is 0 Å². The van der Waals surface area contributed by atoms with Crippen molar-refractivity contribution < 1.29 is 4.79 Å². The van der Waals surface area contributed by atoms with Crippen LogP contribution in [-0.2, 0) is 10.5 Å². The van der Waals surface area contributed by atoms with Gasteiger partial charge in [-0.15, -0.1) is 11.8 Å². The van der Waals surface area contributed by atoms with Gasteiger partial charge in [0.1, 0.15) is 0 Å². The molecule has 3 rings (SSSR count). The molecule has 0 bridgehead atoms. The third-order valence-electron chi connectivity index (χ3n) is 4.47. The number of aryl methyl sites for hydroxylation is 2. The van der Waals surface area contributed by atoms with Crippen LogP contribution in [0.3, 0.4) is 0 Å². The van der Waals surface area contributed by atoms with Crippen LogP contribution >= 0.6 is 11.8 Å². The van der Waals surface area contributed by atoms with E-state index in [4.69, 9.17) is 0 Å². The molecule has 128 valence electrons. The van der Waals surface area contributed by atoms with Crippen molar-refractivity contribution in [3.05, 3.63) is 77.4 Å². The van der Waals surface area contributed by atoms with E-state index >= 15 is 0 Å². The van der Waals surface area contributed by atoms with E-state index in [1.54, 1.807) is 11.8 Å². The summed E-state index contributed by atoms with van der Waals surface area (Å²) in [6.45, 7) is 6.02. The number of carbonyl (C=O) groups is 1. The molecule has 0 aliphatic rings. The van der Waals surface area contributed by atoms with E-state index < -0.39 is 0 Å². The normalized spacial score (nSPS) is 12.1. The Bertz CT molecular complexity index is 878. The van der Waals surface area contributed by atoms with E-state index in [1.165, 1.54) is 16.3 Å². The number of nitrogens with one attached hydrogen (secondary N) is 1. The lowest BCUT2D eigenvalue weighted by atomic mass is 10.1.